The number of Topliss-reactive ketones (excluding diaryl/α,β-unsaturated/α-hetero) is 1. The van der Waals surface area contributed by atoms with Crippen LogP contribution in [0.5, 0.6) is 5.75 Å². The van der Waals surface area contributed by atoms with E-state index in [-0.39, 0.29) is 45.8 Å². The van der Waals surface area contributed by atoms with Crippen molar-refractivity contribution >= 4 is 17.4 Å². The maximum Gasteiger partial charge on any atom is 0.344 e. The van der Waals surface area contributed by atoms with Crippen LogP contribution >= 0.6 is 0 Å². The molecule has 0 heterocycles. The molecule has 43 heavy (non-hydrogen) atoms. The Morgan fingerprint density at radius 2 is 1.84 bits per heavy atom. The van der Waals surface area contributed by atoms with Gasteiger partial charge < -0.3 is 30.1 Å². The van der Waals surface area contributed by atoms with Crippen molar-refractivity contribution in [3.63, 3.8) is 0 Å². The third-order valence-corrected chi connectivity index (χ3v) is 10.9. The molecule has 0 amide bonds. The highest BCUT2D eigenvalue weighted by atomic mass is 16.6. The topological polar surface area (TPSA) is 125 Å². The highest BCUT2D eigenvalue weighted by molar-refractivity contribution is 6.00. The second kappa shape index (κ2) is 10.3. The van der Waals surface area contributed by atoms with Gasteiger partial charge in [0.15, 0.2) is 17.5 Å². The van der Waals surface area contributed by atoms with Crippen LogP contribution < -0.4 is 10.1 Å². The van der Waals surface area contributed by atoms with Crippen LogP contribution in [0.25, 0.3) is 0 Å². The maximum absolute atomic E-state index is 14.6. The molecule has 8 atom stereocenters. The molecular weight excluding hydrogens is 546 g/mol. The number of ketones is 1. The molecule has 4 aliphatic rings. The largest absolute Gasteiger partial charge is 0.496 e. The number of hydrogen-bond donors (Lipinski definition) is 4. The standard InChI is InChI=1S/C35H41NO7/c1-19-16-34-20(2)14-24-28(33(24,3)4)23(30(34)39)15-22(18-37)29(38)35(34,41)31(19)43-32(40)27-25(12-9-13-26(27)42-5)36-17-21-10-7-6-8-11-21/h6-13,15-16,20,23-24,28-29,31,36-38,41H,14,17-18H2,1-5H3/t20-,23+,24-,28+,29-,31+,34+,35+/m1/s1. The molecule has 0 unspecified atom stereocenters. The van der Waals surface area contributed by atoms with Crippen LogP contribution in [0.15, 0.2) is 71.8 Å². The zero-order chi connectivity index (χ0) is 30.9. The van der Waals surface area contributed by atoms with E-state index in [0.717, 1.165) is 5.56 Å². The Morgan fingerprint density at radius 3 is 2.51 bits per heavy atom. The van der Waals surface area contributed by atoms with Crippen molar-refractivity contribution in [1.82, 2.24) is 0 Å². The van der Waals surface area contributed by atoms with Gasteiger partial charge in [-0.15, -0.1) is 0 Å². The first kappa shape index (κ1) is 29.6. The predicted molar refractivity (Wildman–Crippen MR) is 161 cm³/mol. The molecule has 0 radical (unpaired) electrons. The fourth-order valence-corrected chi connectivity index (χ4v) is 8.61. The molecule has 2 bridgehead atoms. The van der Waals surface area contributed by atoms with Crippen molar-refractivity contribution < 1.29 is 34.4 Å². The monoisotopic (exact) mass is 587 g/mol. The lowest BCUT2D eigenvalue weighted by molar-refractivity contribution is -0.190. The predicted octanol–water partition coefficient (Wildman–Crippen LogP) is 4.30. The second-order valence-corrected chi connectivity index (χ2v) is 13.4. The summed E-state index contributed by atoms with van der Waals surface area (Å²) in [7, 11) is 1.46. The van der Waals surface area contributed by atoms with Gasteiger partial charge in [-0.05, 0) is 65.4 Å². The van der Waals surface area contributed by atoms with E-state index >= 15 is 0 Å². The third-order valence-electron chi connectivity index (χ3n) is 10.9. The van der Waals surface area contributed by atoms with Crippen LogP contribution in [0.3, 0.4) is 0 Å². The first-order chi connectivity index (χ1) is 20.4. The van der Waals surface area contributed by atoms with Crippen LogP contribution in [0, 0.1) is 34.5 Å². The minimum absolute atomic E-state index is 0.0417. The normalized spacial score (nSPS) is 35.4. The number of ether oxygens (including phenoxy) is 2. The number of rotatable bonds is 7. The first-order valence-electron chi connectivity index (χ1n) is 15.0. The highest BCUT2D eigenvalue weighted by Crippen LogP contribution is 2.71. The zero-order valence-corrected chi connectivity index (χ0v) is 25.3. The fraction of sp³-hybridized carbons (Fsp3) is 0.486. The molecule has 228 valence electrons. The summed E-state index contributed by atoms with van der Waals surface area (Å²) in [6.45, 7) is 7.87. The summed E-state index contributed by atoms with van der Waals surface area (Å²) >= 11 is 0. The van der Waals surface area contributed by atoms with E-state index < -0.39 is 41.7 Å². The van der Waals surface area contributed by atoms with E-state index in [1.165, 1.54) is 7.11 Å². The molecular formula is C35H41NO7. The molecule has 2 aromatic carbocycles. The Balaban J connectivity index is 1.40. The molecule has 0 aliphatic heterocycles. The lowest BCUT2D eigenvalue weighted by atomic mass is 9.59. The molecule has 8 heteroatoms. The smallest absolute Gasteiger partial charge is 0.344 e. The van der Waals surface area contributed by atoms with Gasteiger partial charge in [-0.3, -0.25) is 4.79 Å². The number of carbonyl (C=O) groups is 2. The van der Waals surface area contributed by atoms with E-state index in [4.69, 9.17) is 9.47 Å². The number of carbonyl (C=O) groups excluding carboxylic acids is 2. The molecule has 0 aromatic heterocycles. The van der Waals surface area contributed by atoms with Gasteiger partial charge >= 0.3 is 5.97 Å². The number of methoxy groups -OCH3 is 1. The Labute approximate surface area is 252 Å². The molecule has 4 aliphatic carbocycles. The average Bonchev–Trinajstić information content (AvgIpc) is 3.49. The SMILES string of the molecule is COc1cccc(NCc2ccccc2)c1C(=O)O[C@H]1C(C)=C[C@]23C(=O)[C@@H](C=C(CO)[C@@H](O)[C@]12O)[C@H]1[C@@H](C[C@H]3C)C1(C)C. The van der Waals surface area contributed by atoms with Crippen molar-refractivity contribution in [2.45, 2.75) is 58.5 Å². The van der Waals surface area contributed by atoms with Gasteiger partial charge in [0, 0.05) is 12.5 Å². The van der Waals surface area contributed by atoms with Crippen molar-refractivity contribution in [1.29, 1.82) is 0 Å². The molecule has 0 saturated heterocycles. The minimum atomic E-state index is -2.22. The lowest BCUT2D eigenvalue weighted by Gasteiger charge is -2.48. The Kier molecular flexibility index (Phi) is 7.11. The van der Waals surface area contributed by atoms with E-state index in [2.05, 4.69) is 19.2 Å². The summed E-state index contributed by atoms with van der Waals surface area (Å²) in [5.41, 5.74) is -1.51. The Morgan fingerprint density at radius 1 is 1.12 bits per heavy atom. The van der Waals surface area contributed by atoms with E-state index in [1.807, 2.05) is 37.3 Å². The molecule has 6 rings (SSSR count). The van der Waals surface area contributed by atoms with Crippen LogP contribution in [0.4, 0.5) is 5.69 Å². The Hall–Kier alpha value is -3.46. The van der Waals surface area contributed by atoms with Gasteiger partial charge in [0.25, 0.3) is 0 Å². The van der Waals surface area contributed by atoms with E-state index in [1.54, 1.807) is 37.3 Å². The summed E-state index contributed by atoms with van der Waals surface area (Å²) < 4.78 is 11.7. The van der Waals surface area contributed by atoms with Crippen molar-refractivity contribution in [3.05, 3.63) is 83.0 Å². The third kappa shape index (κ3) is 4.14. The molecule has 2 fully saturated rings. The maximum atomic E-state index is 14.6. The van der Waals surface area contributed by atoms with Crippen molar-refractivity contribution in [2.75, 3.05) is 19.0 Å². The van der Waals surface area contributed by atoms with Crippen LogP contribution in [-0.4, -0.2) is 58.6 Å². The van der Waals surface area contributed by atoms with Gasteiger partial charge in [0.1, 0.15) is 17.4 Å². The number of hydrogen-bond acceptors (Lipinski definition) is 8. The van der Waals surface area contributed by atoms with E-state index in [9.17, 15) is 24.9 Å². The summed E-state index contributed by atoms with van der Waals surface area (Å²) in [5.74, 6) is -1.30. The summed E-state index contributed by atoms with van der Waals surface area (Å²) in [5, 5.41) is 38.2. The zero-order valence-electron chi connectivity index (χ0n) is 25.3. The van der Waals surface area contributed by atoms with Crippen LogP contribution in [0.2, 0.25) is 0 Å². The molecule has 2 aromatic rings. The number of aliphatic hydroxyl groups is 3. The first-order valence-corrected chi connectivity index (χ1v) is 15.0. The number of fused-ring (bicyclic) bond motifs is 3. The number of benzene rings is 2. The molecule has 2 saturated carbocycles. The van der Waals surface area contributed by atoms with Gasteiger partial charge in [0.05, 0.1) is 24.8 Å². The van der Waals surface area contributed by atoms with Crippen LogP contribution in [-0.2, 0) is 16.1 Å². The fourth-order valence-electron chi connectivity index (χ4n) is 8.61. The quantitative estimate of drug-likeness (QED) is 0.279. The second-order valence-electron chi connectivity index (χ2n) is 13.4. The number of allylic oxidation sites excluding steroid dienone is 1. The summed E-state index contributed by atoms with van der Waals surface area (Å²) in [6.07, 6.45) is 1.11. The van der Waals surface area contributed by atoms with Gasteiger partial charge in [-0.2, -0.15) is 0 Å². The minimum Gasteiger partial charge on any atom is -0.496 e. The van der Waals surface area contributed by atoms with E-state index in [0.29, 0.717) is 24.2 Å². The van der Waals surface area contributed by atoms with Gasteiger partial charge in [0.2, 0.25) is 0 Å². The highest BCUT2D eigenvalue weighted by Gasteiger charge is 2.76. The van der Waals surface area contributed by atoms with Crippen molar-refractivity contribution in [2.24, 2.45) is 34.5 Å². The van der Waals surface area contributed by atoms with Gasteiger partial charge in [-0.25, -0.2) is 4.79 Å². The molecule has 4 N–H and O–H groups in total. The lowest BCUT2D eigenvalue weighted by Crippen LogP contribution is -2.65. The van der Waals surface area contributed by atoms with Crippen molar-refractivity contribution in [3.8, 4) is 5.75 Å². The number of nitrogens with one attached hydrogen (secondary N) is 1. The number of esters is 1. The molecule has 1 spiro atoms. The number of aliphatic hydroxyl groups excluding tert-OH is 2. The average molecular weight is 588 g/mol. The molecule has 8 nitrogen and oxygen atoms in total. The number of anilines is 1. The summed E-state index contributed by atoms with van der Waals surface area (Å²) in [4.78, 5) is 28.7. The van der Waals surface area contributed by atoms with Crippen LogP contribution in [0.1, 0.15) is 50.0 Å². The summed E-state index contributed by atoms with van der Waals surface area (Å²) in [6, 6.07) is 14.9. The Bertz CT molecular complexity index is 1510. The van der Waals surface area contributed by atoms with Gasteiger partial charge in [-0.1, -0.05) is 69.3 Å².